The summed E-state index contributed by atoms with van der Waals surface area (Å²) in [6.07, 6.45) is 4.39. The molecule has 0 bridgehead atoms. The predicted octanol–water partition coefficient (Wildman–Crippen LogP) is -0.282. The molecule has 7 N–H and O–H groups in total. The quantitative estimate of drug-likeness (QED) is 0.542. The molecule has 0 spiro atoms. The van der Waals surface area contributed by atoms with E-state index in [-0.39, 0.29) is 24.0 Å². The second kappa shape index (κ2) is 4.48. The number of anilines is 3. The first-order valence-corrected chi connectivity index (χ1v) is 5.44. The molecule has 0 aromatic carbocycles. The molecule has 0 saturated heterocycles. The third kappa shape index (κ3) is 2.48. The second-order valence-corrected chi connectivity index (χ2v) is 4.07. The van der Waals surface area contributed by atoms with Crippen LogP contribution in [-0.2, 0) is 0 Å². The summed E-state index contributed by atoms with van der Waals surface area (Å²) in [5, 5.41) is 3.17. The van der Waals surface area contributed by atoms with Crippen LogP contribution in [0.15, 0.2) is 0 Å². The van der Waals surface area contributed by atoms with E-state index in [2.05, 4.69) is 20.3 Å². The van der Waals surface area contributed by atoms with Gasteiger partial charge in [0.05, 0.1) is 0 Å². The summed E-state index contributed by atoms with van der Waals surface area (Å²) in [5.41, 5.74) is 17.0. The topological polar surface area (TPSA) is 129 Å². The molecule has 1 aromatic heterocycles. The molecule has 1 saturated carbocycles. The molecule has 2 atom stereocenters. The fourth-order valence-electron chi connectivity index (χ4n) is 1.98. The van der Waals surface area contributed by atoms with E-state index >= 15 is 0 Å². The Morgan fingerprint density at radius 1 is 1.00 bits per heavy atom. The summed E-state index contributed by atoms with van der Waals surface area (Å²) >= 11 is 0. The number of hydrogen-bond acceptors (Lipinski definition) is 7. The molecule has 16 heavy (non-hydrogen) atoms. The number of nitrogens with zero attached hydrogens (tertiary/aromatic N) is 3. The van der Waals surface area contributed by atoms with Gasteiger partial charge in [-0.3, -0.25) is 0 Å². The highest BCUT2D eigenvalue weighted by Gasteiger charge is 2.22. The van der Waals surface area contributed by atoms with E-state index in [1.165, 1.54) is 12.8 Å². The fourth-order valence-corrected chi connectivity index (χ4v) is 1.98. The summed E-state index contributed by atoms with van der Waals surface area (Å²) in [6.45, 7) is 0. The van der Waals surface area contributed by atoms with Gasteiger partial charge < -0.3 is 22.5 Å². The van der Waals surface area contributed by atoms with E-state index in [9.17, 15) is 0 Å². The number of nitrogens with one attached hydrogen (secondary N) is 1. The smallest absolute Gasteiger partial charge is 0.229 e. The van der Waals surface area contributed by atoms with Crippen molar-refractivity contribution in [2.45, 2.75) is 37.8 Å². The van der Waals surface area contributed by atoms with Gasteiger partial charge in [0.25, 0.3) is 0 Å². The Morgan fingerprint density at radius 3 is 2.25 bits per heavy atom. The minimum Gasteiger partial charge on any atom is -0.368 e. The Morgan fingerprint density at radius 2 is 1.62 bits per heavy atom. The Labute approximate surface area is 93.8 Å². The van der Waals surface area contributed by atoms with Crippen molar-refractivity contribution in [3.63, 3.8) is 0 Å². The van der Waals surface area contributed by atoms with Crippen molar-refractivity contribution >= 4 is 17.8 Å². The van der Waals surface area contributed by atoms with Gasteiger partial charge in [-0.15, -0.1) is 0 Å². The third-order valence-corrected chi connectivity index (χ3v) is 2.80. The monoisotopic (exact) mass is 223 g/mol. The van der Waals surface area contributed by atoms with Crippen molar-refractivity contribution < 1.29 is 0 Å². The van der Waals surface area contributed by atoms with E-state index in [4.69, 9.17) is 17.2 Å². The van der Waals surface area contributed by atoms with E-state index < -0.39 is 0 Å². The molecule has 0 radical (unpaired) electrons. The molecule has 1 aromatic rings. The molecule has 1 aliphatic rings. The van der Waals surface area contributed by atoms with Gasteiger partial charge in [-0.1, -0.05) is 12.8 Å². The lowest BCUT2D eigenvalue weighted by atomic mass is 9.91. The molecule has 88 valence electrons. The summed E-state index contributed by atoms with van der Waals surface area (Å²) in [4.78, 5) is 11.7. The zero-order valence-corrected chi connectivity index (χ0v) is 9.06. The van der Waals surface area contributed by atoms with Crippen LogP contribution in [0.5, 0.6) is 0 Å². The van der Waals surface area contributed by atoms with Gasteiger partial charge in [-0.05, 0) is 12.8 Å². The number of rotatable bonds is 2. The average Bonchev–Trinajstić information content (AvgIpc) is 2.20. The van der Waals surface area contributed by atoms with Gasteiger partial charge >= 0.3 is 0 Å². The number of nitrogen functional groups attached to an aromatic ring is 2. The zero-order valence-electron chi connectivity index (χ0n) is 9.06. The van der Waals surface area contributed by atoms with Crippen LogP contribution in [-0.4, -0.2) is 27.0 Å². The molecular formula is C9H17N7. The van der Waals surface area contributed by atoms with Crippen molar-refractivity contribution in [1.29, 1.82) is 0 Å². The van der Waals surface area contributed by atoms with Crippen molar-refractivity contribution in [2.75, 3.05) is 16.8 Å². The normalized spacial score (nSPS) is 25.3. The molecule has 2 unspecified atom stereocenters. The molecule has 7 nitrogen and oxygen atoms in total. The standard InChI is InChI=1S/C9H17N7/c10-5-3-1-2-4-6(5)13-9-15-7(11)14-8(12)16-9/h5-6H,1-4,10H2,(H5,11,12,13,14,15,16). The molecule has 1 aliphatic carbocycles. The van der Waals surface area contributed by atoms with Gasteiger partial charge in [0.1, 0.15) is 0 Å². The Kier molecular flexibility index (Phi) is 3.04. The Balaban J connectivity index is 2.07. The lowest BCUT2D eigenvalue weighted by Crippen LogP contribution is -2.43. The van der Waals surface area contributed by atoms with Crippen molar-refractivity contribution in [3.8, 4) is 0 Å². The van der Waals surface area contributed by atoms with Gasteiger partial charge in [0.2, 0.25) is 17.8 Å². The van der Waals surface area contributed by atoms with Crippen molar-refractivity contribution in [2.24, 2.45) is 5.73 Å². The maximum Gasteiger partial charge on any atom is 0.229 e. The fraction of sp³-hybridized carbons (Fsp3) is 0.667. The van der Waals surface area contributed by atoms with Crippen LogP contribution in [0.4, 0.5) is 17.8 Å². The van der Waals surface area contributed by atoms with Crippen molar-refractivity contribution in [1.82, 2.24) is 15.0 Å². The lowest BCUT2D eigenvalue weighted by molar-refractivity contribution is 0.402. The third-order valence-electron chi connectivity index (χ3n) is 2.80. The highest BCUT2D eigenvalue weighted by molar-refractivity contribution is 5.38. The SMILES string of the molecule is Nc1nc(N)nc(NC2CCCCC2N)n1. The van der Waals surface area contributed by atoms with E-state index in [0.29, 0.717) is 5.95 Å². The molecular weight excluding hydrogens is 206 g/mol. The molecule has 0 amide bonds. The minimum atomic E-state index is 0.124. The first-order chi connectivity index (χ1) is 7.65. The number of nitrogens with two attached hydrogens (primary N) is 3. The molecule has 1 fully saturated rings. The molecule has 2 rings (SSSR count). The minimum absolute atomic E-state index is 0.124. The van der Waals surface area contributed by atoms with Crippen LogP contribution in [0.2, 0.25) is 0 Å². The first-order valence-electron chi connectivity index (χ1n) is 5.44. The first kappa shape index (κ1) is 10.9. The molecule has 7 heteroatoms. The highest BCUT2D eigenvalue weighted by Crippen LogP contribution is 2.19. The van der Waals surface area contributed by atoms with Crippen LogP contribution >= 0.6 is 0 Å². The Hall–Kier alpha value is -1.63. The van der Waals surface area contributed by atoms with Gasteiger partial charge in [0.15, 0.2) is 0 Å². The van der Waals surface area contributed by atoms with E-state index in [1.54, 1.807) is 0 Å². The van der Waals surface area contributed by atoms with Crippen LogP contribution in [0, 0.1) is 0 Å². The van der Waals surface area contributed by atoms with Crippen LogP contribution in [0.1, 0.15) is 25.7 Å². The van der Waals surface area contributed by atoms with Crippen LogP contribution in [0.3, 0.4) is 0 Å². The second-order valence-electron chi connectivity index (χ2n) is 4.07. The summed E-state index contributed by atoms with van der Waals surface area (Å²) < 4.78 is 0. The van der Waals surface area contributed by atoms with Crippen LogP contribution in [0.25, 0.3) is 0 Å². The van der Waals surface area contributed by atoms with Gasteiger partial charge in [0, 0.05) is 12.1 Å². The maximum atomic E-state index is 6.01. The average molecular weight is 223 g/mol. The van der Waals surface area contributed by atoms with E-state index in [0.717, 1.165) is 12.8 Å². The largest absolute Gasteiger partial charge is 0.368 e. The van der Waals surface area contributed by atoms with E-state index in [1.807, 2.05) is 0 Å². The summed E-state index contributed by atoms with van der Waals surface area (Å²) in [7, 11) is 0. The molecule has 1 heterocycles. The van der Waals surface area contributed by atoms with Crippen molar-refractivity contribution in [3.05, 3.63) is 0 Å². The number of aromatic nitrogens is 3. The summed E-state index contributed by atoms with van der Waals surface area (Å²) in [5.74, 6) is 0.658. The predicted molar refractivity (Wildman–Crippen MR) is 62.5 cm³/mol. The Bertz CT molecular complexity index is 347. The molecule has 0 aliphatic heterocycles. The maximum absolute atomic E-state index is 6.01. The van der Waals surface area contributed by atoms with Gasteiger partial charge in [-0.25, -0.2) is 0 Å². The highest BCUT2D eigenvalue weighted by atomic mass is 15.2. The zero-order chi connectivity index (χ0) is 11.5. The van der Waals surface area contributed by atoms with Crippen LogP contribution < -0.4 is 22.5 Å². The van der Waals surface area contributed by atoms with Gasteiger partial charge in [-0.2, -0.15) is 15.0 Å². The summed E-state index contributed by atoms with van der Waals surface area (Å²) in [6, 6.07) is 0.322. The lowest BCUT2D eigenvalue weighted by Gasteiger charge is -2.29. The number of hydrogen-bond donors (Lipinski definition) is 4.